The highest BCUT2D eigenvalue weighted by atomic mass is 16.2. The van der Waals surface area contributed by atoms with Crippen LogP contribution in [0, 0.1) is 0 Å². The minimum absolute atomic E-state index is 0.425. The molecule has 4 aliphatic rings. The Morgan fingerprint density at radius 3 is 1.96 bits per heavy atom. The van der Waals surface area contributed by atoms with Gasteiger partial charge in [0.15, 0.2) is 0 Å². The summed E-state index contributed by atoms with van der Waals surface area (Å²) in [4.78, 5) is 20.3. The molecule has 0 bridgehead atoms. The monoisotopic (exact) mass is 319 g/mol. The van der Waals surface area contributed by atoms with E-state index in [1.54, 1.807) is 0 Å². The van der Waals surface area contributed by atoms with Gasteiger partial charge >= 0.3 is 0 Å². The molecule has 0 aromatic heterocycles. The second-order valence-corrected chi connectivity index (χ2v) is 8.22. The Labute approximate surface area is 141 Å². The average Bonchev–Trinajstić information content (AvgIpc) is 3.05. The lowest BCUT2D eigenvalue weighted by atomic mass is 10.1. The maximum Gasteiger partial charge on any atom is 0.237 e. The molecule has 0 N–H and O–H groups in total. The molecule has 1 amide bonds. The smallest absolute Gasteiger partial charge is 0.237 e. The molecule has 0 spiro atoms. The van der Waals surface area contributed by atoms with Crippen molar-refractivity contribution in [2.24, 2.45) is 0 Å². The van der Waals surface area contributed by atoms with E-state index in [4.69, 9.17) is 0 Å². The van der Waals surface area contributed by atoms with E-state index in [1.165, 1.54) is 77.3 Å². The van der Waals surface area contributed by atoms with Crippen molar-refractivity contribution in [1.82, 2.24) is 14.7 Å². The zero-order valence-corrected chi connectivity index (χ0v) is 14.6. The number of nitrogens with zero attached hydrogens (tertiary/aromatic N) is 3. The van der Waals surface area contributed by atoms with Crippen LogP contribution in [-0.4, -0.2) is 71.5 Å². The highest BCUT2D eigenvalue weighted by molar-refractivity contribution is 5.79. The molecule has 23 heavy (non-hydrogen) atoms. The van der Waals surface area contributed by atoms with Crippen molar-refractivity contribution in [1.29, 1.82) is 0 Å². The lowest BCUT2D eigenvalue weighted by Crippen LogP contribution is -2.53. The lowest BCUT2D eigenvalue weighted by molar-refractivity contribution is -0.135. The molecule has 0 unspecified atom stereocenters. The van der Waals surface area contributed by atoms with E-state index in [1.807, 2.05) is 0 Å². The van der Waals surface area contributed by atoms with Crippen molar-refractivity contribution < 1.29 is 4.79 Å². The normalized spacial score (nSPS) is 28.5. The quantitative estimate of drug-likeness (QED) is 0.779. The Hall–Kier alpha value is -0.610. The van der Waals surface area contributed by atoms with Crippen molar-refractivity contribution in [3.8, 4) is 0 Å². The zero-order valence-electron chi connectivity index (χ0n) is 14.6. The number of carbonyl (C=O) groups is 1. The number of hydrogen-bond acceptors (Lipinski definition) is 3. The Balaban J connectivity index is 1.27. The van der Waals surface area contributed by atoms with Crippen molar-refractivity contribution in [3.63, 3.8) is 0 Å². The standard InChI is InChI=1S/C19H33N3O/c23-19(22(18-9-10-18)17-7-3-4-8-17)15-20-11-13-21(14-12-20)16-5-1-2-6-16/h16-18H,1-15H2. The molecule has 4 fully saturated rings. The largest absolute Gasteiger partial charge is 0.336 e. The minimum atomic E-state index is 0.425. The molecule has 1 aliphatic heterocycles. The highest BCUT2D eigenvalue weighted by Gasteiger charge is 2.39. The zero-order chi connectivity index (χ0) is 15.6. The van der Waals surface area contributed by atoms with Crippen LogP contribution in [0.2, 0.25) is 0 Å². The van der Waals surface area contributed by atoms with Crippen LogP contribution in [0.3, 0.4) is 0 Å². The van der Waals surface area contributed by atoms with E-state index >= 15 is 0 Å². The fraction of sp³-hybridized carbons (Fsp3) is 0.947. The van der Waals surface area contributed by atoms with E-state index in [0.717, 1.165) is 19.1 Å². The SMILES string of the molecule is O=C(CN1CCN(C2CCCC2)CC1)N(C1CCCC1)C1CC1. The summed E-state index contributed by atoms with van der Waals surface area (Å²) in [6.45, 7) is 5.19. The Bertz CT molecular complexity index is 403. The Kier molecular flexibility index (Phi) is 4.91. The fourth-order valence-electron chi connectivity index (χ4n) is 5.07. The summed E-state index contributed by atoms with van der Waals surface area (Å²) < 4.78 is 0. The number of carbonyl (C=O) groups excluding carboxylic acids is 1. The molecule has 0 radical (unpaired) electrons. The number of hydrogen-bond donors (Lipinski definition) is 0. The molecule has 130 valence electrons. The van der Waals surface area contributed by atoms with Crippen LogP contribution < -0.4 is 0 Å². The third-order valence-corrected chi connectivity index (χ3v) is 6.55. The van der Waals surface area contributed by atoms with Crippen LogP contribution in [0.15, 0.2) is 0 Å². The predicted molar refractivity (Wildman–Crippen MR) is 92.4 cm³/mol. The predicted octanol–water partition coefficient (Wildman–Crippen LogP) is 2.48. The van der Waals surface area contributed by atoms with Gasteiger partial charge in [-0.3, -0.25) is 14.6 Å². The summed E-state index contributed by atoms with van der Waals surface area (Å²) in [6.07, 6.45) is 13.3. The van der Waals surface area contributed by atoms with Gasteiger partial charge in [0, 0.05) is 44.3 Å². The van der Waals surface area contributed by atoms with Gasteiger partial charge in [0.2, 0.25) is 5.91 Å². The topological polar surface area (TPSA) is 26.8 Å². The summed E-state index contributed by atoms with van der Waals surface area (Å²) in [6, 6.07) is 1.99. The first-order valence-corrected chi connectivity index (χ1v) is 10.1. The Morgan fingerprint density at radius 1 is 0.783 bits per heavy atom. The van der Waals surface area contributed by atoms with E-state index in [-0.39, 0.29) is 0 Å². The van der Waals surface area contributed by atoms with Crippen LogP contribution in [0.5, 0.6) is 0 Å². The van der Waals surface area contributed by atoms with Crippen molar-refractivity contribution in [3.05, 3.63) is 0 Å². The molecule has 3 aliphatic carbocycles. The van der Waals surface area contributed by atoms with Crippen molar-refractivity contribution in [2.45, 2.75) is 82.3 Å². The summed E-state index contributed by atoms with van der Waals surface area (Å²) in [5.74, 6) is 0.425. The molecule has 3 saturated carbocycles. The van der Waals surface area contributed by atoms with Gasteiger partial charge in [-0.1, -0.05) is 25.7 Å². The number of piperazine rings is 1. The molecular weight excluding hydrogens is 286 g/mol. The van der Waals surface area contributed by atoms with Gasteiger partial charge in [-0.05, 0) is 38.5 Å². The maximum atomic E-state index is 12.9. The van der Waals surface area contributed by atoms with Crippen LogP contribution >= 0.6 is 0 Å². The lowest BCUT2D eigenvalue weighted by Gasteiger charge is -2.39. The van der Waals surface area contributed by atoms with E-state index in [0.29, 0.717) is 24.5 Å². The molecule has 1 heterocycles. The average molecular weight is 319 g/mol. The van der Waals surface area contributed by atoms with Gasteiger partial charge in [0.25, 0.3) is 0 Å². The molecule has 4 rings (SSSR count). The first-order valence-electron chi connectivity index (χ1n) is 10.1. The summed E-state index contributed by atoms with van der Waals surface area (Å²) in [5.41, 5.74) is 0. The summed E-state index contributed by atoms with van der Waals surface area (Å²) in [7, 11) is 0. The number of amides is 1. The number of rotatable bonds is 5. The van der Waals surface area contributed by atoms with Crippen molar-refractivity contribution in [2.75, 3.05) is 32.7 Å². The van der Waals surface area contributed by atoms with Gasteiger partial charge in [-0.15, -0.1) is 0 Å². The molecular formula is C19H33N3O. The van der Waals surface area contributed by atoms with Gasteiger partial charge in [-0.25, -0.2) is 0 Å². The van der Waals surface area contributed by atoms with Gasteiger partial charge in [0.1, 0.15) is 0 Å². The summed E-state index contributed by atoms with van der Waals surface area (Å²) in [5, 5.41) is 0. The summed E-state index contributed by atoms with van der Waals surface area (Å²) >= 11 is 0. The fourth-order valence-corrected chi connectivity index (χ4v) is 5.07. The second-order valence-electron chi connectivity index (χ2n) is 8.22. The van der Waals surface area contributed by atoms with Crippen molar-refractivity contribution >= 4 is 5.91 Å². The molecule has 1 saturated heterocycles. The highest BCUT2D eigenvalue weighted by Crippen LogP contribution is 2.34. The molecule has 0 aromatic rings. The van der Waals surface area contributed by atoms with E-state index in [2.05, 4.69) is 14.7 Å². The van der Waals surface area contributed by atoms with Gasteiger partial charge < -0.3 is 4.90 Å². The van der Waals surface area contributed by atoms with Crippen LogP contribution in [-0.2, 0) is 4.79 Å². The first kappa shape index (κ1) is 15.9. The Morgan fingerprint density at radius 2 is 1.35 bits per heavy atom. The molecule has 0 atom stereocenters. The first-order chi connectivity index (χ1) is 11.3. The molecule has 4 heteroatoms. The molecule has 4 nitrogen and oxygen atoms in total. The molecule has 0 aromatic carbocycles. The van der Waals surface area contributed by atoms with Crippen LogP contribution in [0.4, 0.5) is 0 Å². The van der Waals surface area contributed by atoms with Crippen LogP contribution in [0.25, 0.3) is 0 Å². The van der Waals surface area contributed by atoms with Gasteiger partial charge in [0.05, 0.1) is 6.54 Å². The maximum absolute atomic E-state index is 12.9. The third kappa shape index (κ3) is 3.74. The minimum Gasteiger partial charge on any atom is -0.336 e. The van der Waals surface area contributed by atoms with Gasteiger partial charge in [-0.2, -0.15) is 0 Å². The van der Waals surface area contributed by atoms with Crippen LogP contribution in [0.1, 0.15) is 64.2 Å². The van der Waals surface area contributed by atoms with E-state index < -0.39 is 0 Å². The van der Waals surface area contributed by atoms with E-state index in [9.17, 15) is 4.79 Å². The third-order valence-electron chi connectivity index (χ3n) is 6.55. The second kappa shape index (κ2) is 7.10.